The number of carbonyl (C=O) groups is 1. The first-order valence-electron chi connectivity index (χ1n) is 7.08. The summed E-state index contributed by atoms with van der Waals surface area (Å²) in [6.45, 7) is 1.90. The van der Waals surface area contributed by atoms with Crippen molar-refractivity contribution in [3.63, 3.8) is 0 Å². The monoisotopic (exact) mass is 264 g/mol. The molecule has 2 aromatic carbocycles. The lowest BCUT2D eigenvalue weighted by molar-refractivity contribution is 0.103. The summed E-state index contributed by atoms with van der Waals surface area (Å²) in [5.41, 5.74) is 2.96. The molecule has 20 heavy (non-hydrogen) atoms. The number of rotatable bonds is 6. The smallest absolute Gasteiger partial charge is 0.188 e. The summed E-state index contributed by atoms with van der Waals surface area (Å²) < 4.78 is 0. The molecule has 0 saturated carbocycles. The Balaban J connectivity index is 1.84. The van der Waals surface area contributed by atoms with E-state index in [9.17, 15) is 4.79 Å². The molecule has 0 saturated heterocycles. The lowest BCUT2D eigenvalue weighted by Crippen LogP contribution is -2.00. The molecule has 0 aliphatic heterocycles. The highest BCUT2D eigenvalue weighted by molar-refractivity contribution is 6.08. The van der Waals surface area contributed by atoms with Gasteiger partial charge in [-0.2, -0.15) is 0 Å². The minimum Gasteiger partial charge on any atom is -0.289 e. The molecule has 0 aliphatic carbocycles. The molecule has 0 heterocycles. The van der Waals surface area contributed by atoms with Crippen molar-refractivity contribution in [2.24, 2.45) is 0 Å². The minimum atomic E-state index is 0.130. The van der Waals surface area contributed by atoms with Gasteiger partial charge in [-0.25, -0.2) is 0 Å². The average Bonchev–Trinajstić information content (AvgIpc) is 2.52. The van der Waals surface area contributed by atoms with Gasteiger partial charge >= 0.3 is 0 Å². The summed E-state index contributed by atoms with van der Waals surface area (Å²) >= 11 is 0. The van der Waals surface area contributed by atoms with E-state index in [1.54, 1.807) is 0 Å². The molecule has 0 spiro atoms. The molecule has 0 fully saturated rings. The molecule has 1 heteroatoms. The molecule has 102 valence electrons. The first-order valence-corrected chi connectivity index (χ1v) is 7.08. The second-order valence-corrected chi connectivity index (χ2v) is 4.96. The van der Waals surface area contributed by atoms with Gasteiger partial charge in [-0.15, -0.1) is 0 Å². The molecule has 0 atom stereocenters. The van der Waals surface area contributed by atoms with Crippen LogP contribution >= 0.6 is 0 Å². The van der Waals surface area contributed by atoms with Gasteiger partial charge in [0.05, 0.1) is 0 Å². The average molecular weight is 264 g/mol. The number of benzene rings is 2. The predicted molar refractivity (Wildman–Crippen MR) is 83.9 cm³/mol. The Morgan fingerprint density at radius 2 is 1.55 bits per heavy atom. The molecule has 0 amide bonds. The zero-order valence-electron chi connectivity index (χ0n) is 11.9. The molecule has 2 rings (SSSR count). The van der Waals surface area contributed by atoms with Crippen molar-refractivity contribution < 1.29 is 4.79 Å². The molecule has 0 aromatic heterocycles. The van der Waals surface area contributed by atoms with E-state index in [-0.39, 0.29) is 5.78 Å². The number of allylic oxidation sites excluding steroid dienone is 2. The fourth-order valence-corrected chi connectivity index (χ4v) is 2.18. The highest BCUT2D eigenvalue weighted by atomic mass is 16.1. The number of hydrogen-bond acceptors (Lipinski definition) is 1. The third-order valence-electron chi connectivity index (χ3n) is 3.36. The van der Waals surface area contributed by atoms with E-state index in [1.807, 2.05) is 43.3 Å². The Kier molecular flexibility index (Phi) is 5.31. The van der Waals surface area contributed by atoms with Crippen LogP contribution in [0.4, 0.5) is 0 Å². The van der Waals surface area contributed by atoms with E-state index >= 15 is 0 Å². The molecule has 1 nitrogen and oxygen atoms in total. The highest BCUT2D eigenvalue weighted by Crippen LogP contribution is 2.10. The lowest BCUT2D eigenvalue weighted by atomic mass is 10.0. The molecular formula is C19H20O. The van der Waals surface area contributed by atoms with E-state index in [0.717, 1.165) is 30.4 Å². The normalized spacial score (nSPS) is 11.3. The first kappa shape index (κ1) is 14.3. The maximum Gasteiger partial charge on any atom is 0.188 e. The molecule has 0 bridgehead atoms. The Bertz CT molecular complexity index is 567. The van der Waals surface area contributed by atoms with Crippen LogP contribution in [0.3, 0.4) is 0 Å². The van der Waals surface area contributed by atoms with Gasteiger partial charge < -0.3 is 0 Å². The van der Waals surface area contributed by atoms with Crippen LogP contribution < -0.4 is 0 Å². The van der Waals surface area contributed by atoms with E-state index in [1.165, 1.54) is 5.56 Å². The van der Waals surface area contributed by atoms with Crippen molar-refractivity contribution >= 4 is 5.78 Å². The largest absolute Gasteiger partial charge is 0.289 e. The van der Waals surface area contributed by atoms with Crippen LogP contribution in [-0.2, 0) is 6.42 Å². The Morgan fingerprint density at radius 3 is 2.20 bits per heavy atom. The summed E-state index contributed by atoms with van der Waals surface area (Å²) in [4.78, 5) is 12.1. The van der Waals surface area contributed by atoms with Gasteiger partial charge in [-0.3, -0.25) is 4.79 Å². The summed E-state index contributed by atoms with van der Waals surface area (Å²) in [6, 6.07) is 19.9. The van der Waals surface area contributed by atoms with Gasteiger partial charge in [0.25, 0.3) is 0 Å². The quantitative estimate of drug-likeness (QED) is 0.414. The number of aryl methyl sites for hydroxylation is 1. The summed E-state index contributed by atoms with van der Waals surface area (Å²) in [6.07, 6.45) is 5.13. The van der Waals surface area contributed by atoms with Gasteiger partial charge in [0.15, 0.2) is 5.78 Å². The number of Topliss-reactive ketones (excluding diaryl/α,β-unsaturated/α-hetero) is 1. The second kappa shape index (κ2) is 7.44. The summed E-state index contributed by atoms with van der Waals surface area (Å²) in [5, 5.41) is 0. The number of ketones is 1. The zero-order chi connectivity index (χ0) is 14.2. The fourth-order valence-electron chi connectivity index (χ4n) is 2.18. The van der Waals surface area contributed by atoms with Crippen LogP contribution in [0.15, 0.2) is 72.3 Å². The van der Waals surface area contributed by atoms with E-state index in [4.69, 9.17) is 0 Å². The van der Waals surface area contributed by atoms with Crippen LogP contribution in [0, 0.1) is 0 Å². The zero-order valence-corrected chi connectivity index (χ0v) is 11.9. The number of carbonyl (C=O) groups excluding carboxylic acids is 1. The first-order chi connectivity index (χ1) is 9.77. The van der Waals surface area contributed by atoms with Crippen LogP contribution in [-0.4, -0.2) is 5.78 Å². The van der Waals surface area contributed by atoms with Gasteiger partial charge in [0.2, 0.25) is 0 Å². The van der Waals surface area contributed by atoms with Crippen molar-refractivity contribution in [2.45, 2.75) is 26.2 Å². The Labute approximate surface area is 121 Å². The Morgan fingerprint density at radius 1 is 0.950 bits per heavy atom. The lowest BCUT2D eigenvalue weighted by Gasteiger charge is -2.02. The van der Waals surface area contributed by atoms with Crippen molar-refractivity contribution in [3.8, 4) is 0 Å². The van der Waals surface area contributed by atoms with Gasteiger partial charge in [0, 0.05) is 5.56 Å². The maximum atomic E-state index is 12.1. The Hall–Kier alpha value is -2.15. The highest BCUT2D eigenvalue weighted by Gasteiger charge is 2.06. The van der Waals surface area contributed by atoms with Crippen molar-refractivity contribution in [1.29, 1.82) is 0 Å². The third kappa shape index (κ3) is 4.20. The van der Waals surface area contributed by atoms with Crippen molar-refractivity contribution in [1.82, 2.24) is 0 Å². The maximum absolute atomic E-state index is 12.1. The van der Waals surface area contributed by atoms with Gasteiger partial charge in [0.1, 0.15) is 0 Å². The van der Waals surface area contributed by atoms with Gasteiger partial charge in [-0.1, -0.05) is 66.7 Å². The second-order valence-electron chi connectivity index (χ2n) is 4.96. The topological polar surface area (TPSA) is 17.1 Å². The van der Waals surface area contributed by atoms with E-state index in [0.29, 0.717) is 0 Å². The molecule has 0 N–H and O–H groups in total. The molecule has 0 aliphatic rings. The van der Waals surface area contributed by atoms with Crippen LogP contribution in [0.5, 0.6) is 0 Å². The SMILES string of the molecule is C/C(=C/CCCc1ccccc1)C(=O)c1ccccc1. The molecule has 0 unspecified atom stereocenters. The molecule has 0 radical (unpaired) electrons. The summed E-state index contributed by atoms with van der Waals surface area (Å²) in [7, 11) is 0. The van der Waals surface area contributed by atoms with Crippen LogP contribution in [0.2, 0.25) is 0 Å². The number of unbranched alkanes of at least 4 members (excludes halogenated alkanes) is 1. The van der Waals surface area contributed by atoms with E-state index in [2.05, 4.69) is 30.3 Å². The fraction of sp³-hybridized carbons (Fsp3) is 0.211. The van der Waals surface area contributed by atoms with Crippen molar-refractivity contribution in [3.05, 3.63) is 83.4 Å². The summed E-state index contributed by atoms with van der Waals surface area (Å²) in [5.74, 6) is 0.130. The van der Waals surface area contributed by atoms with Crippen LogP contribution in [0.25, 0.3) is 0 Å². The predicted octanol–water partition coefficient (Wildman–Crippen LogP) is 4.84. The molecule has 2 aromatic rings. The van der Waals surface area contributed by atoms with E-state index < -0.39 is 0 Å². The number of hydrogen-bond donors (Lipinski definition) is 0. The van der Waals surface area contributed by atoms with Gasteiger partial charge in [-0.05, 0) is 37.3 Å². The van der Waals surface area contributed by atoms with Crippen molar-refractivity contribution in [2.75, 3.05) is 0 Å². The molecular weight excluding hydrogens is 244 g/mol. The van der Waals surface area contributed by atoms with Crippen LogP contribution in [0.1, 0.15) is 35.7 Å². The minimum absolute atomic E-state index is 0.130. The standard InChI is InChI=1S/C19H20O/c1-16(19(20)18-14-6-3-7-15-18)10-8-9-13-17-11-4-2-5-12-17/h2-7,10-12,14-15H,8-9,13H2,1H3/b16-10-. The third-order valence-corrected chi connectivity index (χ3v) is 3.36.